The molecule has 6 heteroatoms. The Hall–Kier alpha value is -3.59. The number of phenolic OH excluding ortho intramolecular Hbond substituents is 1. The average Bonchev–Trinajstić information content (AvgIpc) is 2.57. The largest absolute Gasteiger partial charge is 0.505 e. The molecule has 1 amide bonds. The van der Waals surface area contributed by atoms with Gasteiger partial charge < -0.3 is 16.2 Å². The molecule has 4 N–H and O–H groups in total. The molecule has 0 fully saturated rings. The van der Waals surface area contributed by atoms with E-state index in [1.165, 1.54) is 36.5 Å². The number of nitrogens with two attached hydrogens (primary N) is 1. The summed E-state index contributed by atoms with van der Waals surface area (Å²) in [5, 5.41) is 21.4. The normalized spacial score (nSPS) is 9.70. The van der Waals surface area contributed by atoms with Crippen molar-refractivity contribution in [3.8, 4) is 11.8 Å². The molecule has 1 heterocycles. The highest BCUT2D eigenvalue weighted by Crippen LogP contribution is 2.33. The lowest BCUT2D eigenvalue weighted by atomic mass is 9.99. The zero-order chi connectivity index (χ0) is 17.0. The Morgan fingerprint density at radius 1 is 1.39 bits per heavy atom. The maximum Gasteiger partial charge on any atom is 0.260 e. The molecule has 0 bridgehead atoms. The number of nitrogens with one attached hydrogen (secondary N) is 1. The summed E-state index contributed by atoms with van der Waals surface area (Å²) in [6, 6.07) is 6.41. The molecule has 114 valence electrons. The van der Waals surface area contributed by atoms with Gasteiger partial charge in [0, 0.05) is 11.8 Å². The summed E-state index contributed by atoms with van der Waals surface area (Å²) >= 11 is 0. The molecule has 0 spiro atoms. The molecular weight excluding hydrogens is 292 g/mol. The van der Waals surface area contributed by atoms with Gasteiger partial charge in [0.25, 0.3) is 5.91 Å². The van der Waals surface area contributed by atoms with Crippen molar-refractivity contribution in [2.45, 2.75) is 0 Å². The molecule has 1 aromatic carbocycles. The quantitative estimate of drug-likeness (QED) is 0.594. The van der Waals surface area contributed by atoms with Gasteiger partial charge >= 0.3 is 0 Å². The van der Waals surface area contributed by atoms with E-state index < -0.39 is 5.91 Å². The van der Waals surface area contributed by atoms with Crippen LogP contribution >= 0.6 is 0 Å². The number of aromatic hydroxyl groups is 1. The summed E-state index contributed by atoms with van der Waals surface area (Å²) in [5.74, 6) is -0.665. The SMILES string of the molecule is C=Cc1cc(C(=O)Nc2ccc(C#N)cn2)c(O)c(N)c1C=C. The first-order valence-electron chi connectivity index (χ1n) is 6.59. The molecule has 0 unspecified atom stereocenters. The van der Waals surface area contributed by atoms with Crippen molar-refractivity contribution in [1.29, 1.82) is 5.26 Å². The van der Waals surface area contributed by atoms with Crippen molar-refractivity contribution in [3.05, 3.63) is 59.8 Å². The maximum atomic E-state index is 12.3. The van der Waals surface area contributed by atoms with Gasteiger partial charge in [-0.3, -0.25) is 4.79 Å². The Labute approximate surface area is 133 Å². The van der Waals surface area contributed by atoms with Crippen molar-refractivity contribution in [3.63, 3.8) is 0 Å². The van der Waals surface area contributed by atoms with Crippen LogP contribution in [0.25, 0.3) is 12.2 Å². The highest BCUT2D eigenvalue weighted by molar-refractivity contribution is 6.08. The number of pyridine rings is 1. The topological polar surface area (TPSA) is 112 Å². The van der Waals surface area contributed by atoms with Crippen molar-refractivity contribution in [1.82, 2.24) is 4.98 Å². The fourth-order valence-electron chi connectivity index (χ4n) is 2.02. The van der Waals surface area contributed by atoms with Gasteiger partial charge in [-0.05, 0) is 23.8 Å². The zero-order valence-electron chi connectivity index (χ0n) is 12.2. The minimum absolute atomic E-state index is 0.00541. The third-order valence-corrected chi connectivity index (χ3v) is 3.21. The summed E-state index contributed by atoms with van der Waals surface area (Å²) in [5.41, 5.74) is 7.34. The van der Waals surface area contributed by atoms with Crippen LogP contribution in [0.15, 0.2) is 37.6 Å². The molecule has 0 radical (unpaired) electrons. The van der Waals surface area contributed by atoms with E-state index in [1.807, 2.05) is 6.07 Å². The lowest BCUT2D eigenvalue weighted by Gasteiger charge is -2.13. The third kappa shape index (κ3) is 3.04. The number of amides is 1. The van der Waals surface area contributed by atoms with Crippen LogP contribution in [0.3, 0.4) is 0 Å². The first kappa shape index (κ1) is 15.8. The van der Waals surface area contributed by atoms with Crippen LogP contribution in [-0.2, 0) is 0 Å². The molecule has 6 nitrogen and oxygen atoms in total. The second-order valence-electron chi connectivity index (χ2n) is 4.60. The van der Waals surface area contributed by atoms with Gasteiger partial charge in [-0.1, -0.05) is 25.3 Å². The number of carbonyl (C=O) groups excluding carboxylic acids is 1. The van der Waals surface area contributed by atoms with E-state index in [0.29, 0.717) is 16.7 Å². The first-order valence-corrected chi connectivity index (χ1v) is 6.59. The molecule has 0 aliphatic heterocycles. The number of hydrogen-bond donors (Lipinski definition) is 3. The average molecular weight is 306 g/mol. The standard InChI is InChI=1S/C17H14N4O2/c1-3-11-7-13(16(22)15(19)12(11)4-2)17(23)21-14-6-5-10(8-18)9-20-14/h3-7,9,22H,1-2,19H2,(H,20,21,23). The number of benzene rings is 1. The number of nitrogens with zero attached hydrogens (tertiary/aromatic N) is 2. The predicted molar refractivity (Wildman–Crippen MR) is 89.6 cm³/mol. The van der Waals surface area contributed by atoms with E-state index in [0.717, 1.165) is 0 Å². The summed E-state index contributed by atoms with van der Waals surface area (Å²) in [7, 11) is 0. The third-order valence-electron chi connectivity index (χ3n) is 3.21. The van der Waals surface area contributed by atoms with E-state index in [9.17, 15) is 9.90 Å². The molecule has 2 rings (SSSR count). The van der Waals surface area contributed by atoms with Crippen LogP contribution in [0.4, 0.5) is 11.5 Å². The molecule has 0 aliphatic carbocycles. The van der Waals surface area contributed by atoms with Crippen LogP contribution in [0.2, 0.25) is 0 Å². The Bertz CT molecular complexity index is 833. The predicted octanol–water partition coefficient (Wildman–Crippen LogP) is 2.78. The van der Waals surface area contributed by atoms with Crippen LogP contribution in [0.1, 0.15) is 27.0 Å². The number of aromatic nitrogens is 1. The zero-order valence-corrected chi connectivity index (χ0v) is 12.2. The summed E-state index contributed by atoms with van der Waals surface area (Å²) in [6.45, 7) is 7.28. The number of rotatable bonds is 4. The lowest BCUT2D eigenvalue weighted by Crippen LogP contribution is -2.14. The summed E-state index contributed by atoms with van der Waals surface area (Å²) in [6.07, 6.45) is 4.33. The Morgan fingerprint density at radius 3 is 2.65 bits per heavy atom. The minimum Gasteiger partial charge on any atom is -0.505 e. The molecule has 0 saturated heterocycles. The molecule has 0 saturated carbocycles. The molecule has 1 aromatic heterocycles. The number of nitriles is 1. The van der Waals surface area contributed by atoms with E-state index in [-0.39, 0.29) is 22.8 Å². The second kappa shape index (κ2) is 6.45. The molecule has 0 atom stereocenters. The Morgan fingerprint density at radius 2 is 2.13 bits per heavy atom. The van der Waals surface area contributed by atoms with Crippen molar-refractivity contribution >= 4 is 29.6 Å². The molecule has 23 heavy (non-hydrogen) atoms. The second-order valence-corrected chi connectivity index (χ2v) is 4.60. The fourth-order valence-corrected chi connectivity index (χ4v) is 2.02. The van der Waals surface area contributed by atoms with Gasteiger partial charge in [-0.15, -0.1) is 0 Å². The summed E-state index contributed by atoms with van der Waals surface area (Å²) < 4.78 is 0. The lowest BCUT2D eigenvalue weighted by molar-refractivity contribution is 0.102. The van der Waals surface area contributed by atoms with Crippen molar-refractivity contribution < 1.29 is 9.90 Å². The van der Waals surface area contributed by atoms with E-state index >= 15 is 0 Å². The number of carbonyl (C=O) groups is 1. The smallest absolute Gasteiger partial charge is 0.260 e. The molecular formula is C17H14N4O2. The molecule has 2 aromatic rings. The highest BCUT2D eigenvalue weighted by Gasteiger charge is 2.18. The fraction of sp³-hybridized carbons (Fsp3) is 0. The number of phenols is 1. The maximum absolute atomic E-state index is 12.3. The number of hydrogen-bond acceptors (Lipinski definition) is 5. The first-order chi connectivity index (χ1) is 11.0. The monoisotopic (exact) mass is 306 g/mol. The number of anilines is 2. The van der Waals surface area contributed by atoms with Gasteiger partial charge in [0.05, 0.1) is 16.8 Å². The van der Waals surface area contributed by atoms with Crippen LogP contribution in [0.5, 0.6) is 5.75 Å². The summed E-state index contributed by atoms with van der Waals surface area (Å²) in [4.78, 5) is 16.3. The minimum atomic E-state index is -0.579. The molecule has 0 aliphatic rings. The van der Waals surface area contributed by atoms with Crippen LogP contribution < -0.4 is 11.1 Å². The van der Waals surface area contributed by atoms with E-state index in [4.69, 9.17) is 11.0 Å². The Balaban J connectivity index is 2.39. The van der Waals surface area contributed by atoms with Gasteiger partial charge in [-0.2, -0.15) is 5.26 Å². The van der Waals surface area contributed by atoms with Crippen LogP contribution in [-0.4, -0.2) is 16.0 Å². The van der Waals surface area contributed by atoms with Crippen molar-refractivity contribution in [2.24, 2.45) is 0 Å². The van der Waals surface area contributed by atoms with E-state index in [1.54, 1.807) is 0 Å². The van der Waals surface area contributed by atoms with Gasteiger partial charge in [0.2, 0.25) is 0 Å². The van der Waals surface area contributed by atoms with Crippen LogP contribution in [0, 0.1) is 11.3 Å². The van der Waals surface area contributed by atoms with Gasteiger partial charge in [0.1, 0.15) is 11.9 Å². The van der Waals surface area contributed by atoms with Gasteiger partial charge in [-0.25, -0.2) is 4.98 Å². The number of nitrogen functional groups attached to an aromatic ring is 1. The van der Waals surface area contributed by atoms with Gasteiger partial charge in [0.15, 0.2) is 5.75 Å². The Kier molecular flexibility index (Phi) is 4.43. The van der Waals surface area contributed by atoms with Crippen molar-refractivity contribution in [2.75, 3.05) is 11.1 Å². The van der Waals surface area contributed by atoms with E-state index in [2.05, 4.69) is 23.5 Å². The highest BCUT2D eigenvalue weighted by atomic mass is 16.3.